The zero-order chi connectivity index (χ0) is 14.1. The summed E-state index contributed by atoms with van der Waals surface area (Å²) in [6, 6.07) is 8.51. The first kappa shape index (κ1) is 13.0. The third-order valence-corrected chi connectivity index (χ3v) is 4.41. The van der Waals surface area contributed by atoms with Crippen LogP contribution in [0.1, 0.15) is 28.1 Å². The van der Waals surface area contributed by atoms with E-state index in [0.717, 1.165) is 5.82 Å². The van der Waals surface area contributed by atoms with Gasteiger partial charge in [-0.3, -0.25) is 4.68 Å². The van der Waals surface area contributed by atoms with Crippen molar-refractivity contribution in [3.8, 4) is 0 Å². The van der Waals surface area contributed by atoms with Gasteiger partial charge >= 0.3 is 0 Å². The van der Waals surface area contributed by atoms with E-state index in [9.17, 15) is 0 Å². The number of aryl methyl sites for hydroxylation is 3. The molecule has 1 unspecified atom stereocenters. The molecule has 1 N–H and O–H groups in total. The average molecular weight is 286 g/mol. The van der Waals surface area contributed by atoms with Crippen molar-refractivity contribution < 1.29 is 0 Å². The standard InChI is InChI=1S/C15H18N4S/c1-11-6-7-12(2)19(11)17-14(13-5-4-10-20-13)15-16-8-9-18(15)3/h4-10,14,17H,1-3H3. The second-order valence-electron chi connectivity index (χ2n) is 4.93. The lowest BCUT2D eigenvalue weighted by atomic mass is 10.2. The number of aromatic nitrogens is 3. The van der Waals surface area contributed by atoms with Crippen LogP contribution in [0.15, 0.2) is 42.0 Å². The van der Waals surface area contributed by atoms with Crippen LogP contribution in [-0.4, -0.2) is 14.2 Å². The van der Waals surface area contributed by atoms with Gasteiger partial charge in [0.2, 0.25) is 0 Å². The summed E-state index contributed by atoms with van der Waals surface area (Å²) in [5.74, 6) is 1.01. The van der Waals surface area contributed by atoms with Crippen molar-refractivity contribution >= 4 is 11.3 Å². The van der Waals surface area contributed by atoms with E-state index >= 15 is 0 Å². The van der Waals surface area contributed by atoms with Crippen molar-refractivity contribution in [2.24, 2.45) is 7.05 Å². The maximum atomic E-state index is 4.51. The summed E-state index contributed by atoms with van der Waals surface area (Å²) in [4.78, 5) is 5.76. The molecule has 4 nitrogen and oxygen atoms in total. The lowest BCUT2D eigenvalue weighted by molar-refractivity contribution is 0.669. The van der Waals surface area contributed by atoms with Crippen molar-refractivity contribution in [2.75, 3.05) is 5.43 Å². The molecule has 0 aliphatic heterocycles. The van der Waals surface area contributed by atoms with E-state index in [2.05, 4.69) is 63.1 Å². The predicted molar refractivity (Wildman–Crippen MR) is 82.6 cm³/mol. The number of nitrogens with one attached hydrogen (secondary N) is 1. The van der Waals surface area contributed by atoms with Gasteiger partial charge in [0.15, 0.2) is 0 Å². The fraction of sp³-hybridized carbons (Fsp3) is 0.267. The molecule has 1 atom stereocenters. The summed E-state index contributed by atoms with van der Waals surface area (Å²) >= 11 is 1.74. The van der Waals surface area contributed by atoms with Crippen molar-refractivity contribution in [2.45, 2.75) is 19.9 Å². The fourth-order valence-electron chi connectivity index (χ4n) is 2.36. The van der Waals surface area contributed by atoms with Gasteiger partial charge in [0.05, 0.1) is 0 Å². The van der Waals surface area contributed by atoms with Gasteiger partial charge in [0.25, 0.3) is 0 Å². The minimum atomic E-state index is 0.0554. The highest BCUT2D eigenvalue weighted by molar-refractivity contribution is 7.10. The molecule has 0 radical (unpaired) electrons. The number of hydrogen-bond donors (Lipinski definition) is 1. The average Bonchev–Trinajstić information content (AvgIpc) is 3.13. The Bertz CT molecular complexity index is 674. The molecule has 3 aromatic heterocycles. The Morgan fingerprint density at radius 1 is 1.20 bits per heavy atom. The molecule has 5 heteroatoms. The van der Waals surface area contributed by atoms with E-state index in [1.54, 1.807) is 11.3 Å². The van der Waals surface area contributed by atoms with E-state index < -0.39 is 0 Å². The smallest absolute Gasteiger partial charge is 0.138 e. The van der Waals surface area contributed by atoms with Gasteiger partial charge < -0.3 is 9.99 Å². The number of nitrogens with zero attached hydrogens (tertiary/aromatic N) is 3. The maximum absolute atomic E-state index is 4.51. The topological polar surface area (TPSA) is 34.8 Å². The van der Waals surface area contributed by atoms with Gasteiger partial charge in [-0.25, -0.2) is 4.98 Å². The van der Waals surface area contributed by atoms with Crippen LogP contribution in [-0.2, 0) is 7.05 Å². The molecule has 0 saturated heterocycles. The Labute approximate surface area is 122 Å². The first-order valence-electron chi connectivity index (χ1n) is 6.59. The van der Waals surface area contributed by atoms with E-state index in [-0.39, 0.29) is 6.04 Å². The second-order valence-corrected chi connectivity index (χ2v) is 5.90. The Morgan fingerprint density at radius 3 is 2.50 bits per heavy atom. The summed E-state index contributed by atoms with van der Waals surface area (Å²) in [5.41, 5.74) is 5.97. The van der Waals surface area contributed by atoms with Gasteiger partial charge in [-0.1, -0.05) is 6.07 Å². The van der Waals surface area contributed by atoms with Crippen LogP contribution < -0.4 is 5.43 Å². The summed E-state index contributed by atoms with van der Waals surface area (Å²) < 4.78 is 4.19. The van der Waals surface area contributed by atoms with E-state index in [0.29, 0.717) is 0 Å². The molecular weight excluding hydrogens is 268 g/mol. The van der Waals surface area contributed by atoms with Crippen LogP contribution in [0.4, 0.5) is 0 Å². The number of hydrogen-bond acceptors (Lipinski definition) is 3. The number of thiophene rings is 1. The number of imidazole rings is 1. The highest BCUT2D eigenvalue weighted by Gasteiger charge is 2.20. The molecule has 0 aromatic carbocycles. The first-order valence-corrected chi connectivity index (χ1v) is 7.47. The van der Waals surface area contributed by atoms with Crippen LogP contribution in [0.25, 0.3) is 0 Å². The van der Waals surface area contributed by atoms with Crippen LogP contribution >= 0.6 is 11.3 Å². The second kappa shape index (κ2) is 5.17. The minimum absolute atomic E-state index is 0.0554. The monoisotopic (exact) mass is 286 g/mol. The molecule has 20 heavy (non-hydrogen) atoms. The van der Waals surface area contributed by atoms with Crippen molar-refractivity contribution in [1.29, 1.82) is 0 Å². The van der Waals surface area contributed by atoms with Gasteiger partial charge in [-0.05, 0) is 37.4 Å². The zero-order valence-electron chi connectivity index (χ0n) is 11.9. The van der Waals surface area contributed by atoms with Gasteiger partial charge in [-0.2, -0.15) is 0 Å². The lowest BCUT2D eigenvalue weighted by Gasteiger charge is -2.22. The predicted octanol–water partition coefficient (Wildman–Crippen LogP) is 3.23. The van der Waals surface area contributed by atoms with Gasteiger partial charge in [0.1, 0.15) is 11.9 Å². The van der Waals surface area contributed by atoms with Crippen LogP contribution in [0.5, 0.6) is 0 Å². The number of rotatable bonds is 4. The molecule has 0 saturated carbocycles. The van der Waals surface area contributed by atoms with Crippen LogP contribution in [0.2, 0.25) is 0 Å². The Morgan fingerprint density at radius 2 is 1.95 bits per heavy atom. The van der Waals surface area contributed by atoms with Gasteiger partial charge in [-0.15, -0.1) is 11.3 Å². The van der Waals surface area contributed by atoms with E-state index in [1.807, 2.05) is 19.4 Å². The molecule has 0 fully saturated rings. The summed E-state index contributed by atoms with van der Waals surface area (Å²) in [7, 11) is 2.03. The Balaban J connectivity index is 2.01. The Kier molecular flexibility index (Phi) is 3.36. The largest absolute Gasteiger partial charge is 0.336 e. The third kappa shape index (κ3) is 2.25. The normalized spacial score (nSPS) is 12.6. The lowest BCUT2D eigenvalue weighted by Crippen LogP contribution is -2.25. The van der Waals surface area contributed by atoms with Crippen molar-refractivity contribution in [1.82, 2.24) is 14.2 Å². The van der Waals surface area contributed by atoms with E-state index in [4.69, 9.17) is 0 Å². The molecule has 3 heterocycles. The summed E-state index contributed by atoms with van der Waals surface area (Å²) in [6.07, 6.45) is 3.82. The molecule has 3 aromatic rings. The van der Waals surface area contributed by atoms with E-state index in [1.165, 1.54) is 16.3 Å². The van der Waals surface area contributed by atoms with Crippen molar-refractivity contribution in [3.63, 3.8) is 0 Å². The zero-order valence-corrected chi connectivity index (χ0v) is 12.7. The highest BCUT2D eigenvalue weighted by atomic mass is 32.1. The summed E-state index contributed by atoms with van der Waals surface area (Å²) in [6.45, 7) is 4.20. The molecular formula is C15H18N4S. The first-order chi connectivity index (χ1) is 9.66. The SMILES string of the molecule is Cc1ccc(C)n1NC(c1cccs1)c1nccn1C. The van der Waals surface area contributed by atoms with Gasteiger partial charge in [0, 0.05) is 35.7 Å². The van der Waals surface area contributed by atoms with Crippen LogP contribution in [0.3, 0.4) is 0 Å². The molecule has 0 spiro atoms. The molecule has 104 valence electrons. The maximum Gasteiger partial charge on any atom is 0.138 e. The van der Waals surface area contributed by atoms with Crippen LogP contribution in [0, 0.1) is 13.8 Å². The summed E-state index contributed by atoms with van der Waals surface area (Å²) in [5, 5.41) is 2.10. The molecule has 0 aliphatic rings. The highest BCUT2D eigenvalue weighted by Crippen LogP contribution is 2.26. The minimum Gasteiger partial charge on any atom is -0.336 e. The van der Waals surface area contributed by atoms with Crippen molar-refractivity contribution in [3.05, 3.63) is 64.1 Å². The molecule has 0 amide bonds. The molecule has 0 bridgehead atoms. The third-order valence-electron chi connectivity index (χ3n) is 3.47. The Hall–Kier alpha value is -2.01. The molecule has 3 rings (SSSR count). The fourth-order valence-corrected chi connectivity index (χ4v) is 3.13. The molecule has 0 aliphatic carbocycles. The quantitative estimate of drug-likeness (QED) is 0.799.